The maximum absolute atomic E-state index is 12.0. The second-order valence-electron chi connectivity index (χ2n) is 4.09. The molecule has 0 spiro atoms. The predicted molar refractivity (Wildman–Crippen MR) is 74.6 cm³/mol. The van der Waals surface area contributed by atoms with Crippen molar-refractivity contribution in [1.29, 1.82) is 0 Å². The Hall–Kier alpha value is -2.00. The molecule has 3 N–H and O–H groups in total. The fraction of sp³-hybridized carbons (Fsp3) is 0.133. The molecule has 3 nitrogen and oxygen atoms in total. The Kier molecular flexibility index (Phi) is 5.39. The number of nitrogens with two attached hydrogens (primary N) is 1. The number of halogens is 1. The van der Waals surface area contributed by atoms with Crippen molar-refractivity contribution >= 4 is 17.3 Å². The first kappa shape index (κ1) is 15.1. The molecule has 0 bridgehead atoms. The largest absolute Gasteiger partial charge is 1.00 e. The van der Waals surface area contributed by atoms with Crippen molar-refractivity contribution in [3.8, 4) is 0 Å². The SMILES string of the molecule is CCc1ccc(NC(=O)c2ccccc2N)cc1.[Cl-]. The zero-order chi connectivity index (χ0) is 13.0. The molecule has 0 aliphatic heterocycles. The molecule has 0 heterocycles. The second-order valence-corrected chi connectivity index (χ2v) is 4.09. The molecule has 4 heteroatoms. The number of aryl methyl sites for hydroxylation is 1. The Morgan fingerprint density at radius 3 is 2.32 bits per heavy atom. The number of hydrogen-bond donors (Lipinski definition) is 2. The van der Waals surface area contributed by atoms with Crippen LogP contribution in [0.1, 0.15) is 22.8 Å². The van der Waals surface area contributed by atoms with Gasteiger partial charge < -0.3 is 23.5 Å². The standard InChI is InChI=1S/C15H16N2O.ClH/c1-2-11-7-9-12(10-8-11)17-15(18)13-5-3-4-6-14(13)16;/h3-10H,2,16H2,1H3,(H,17,18);1H/p-1. The van der Waals surface area contributed by atoms with Crippen molar-refractivity contribution < 1.29 is 17.2 Å². The van der Waals surface area contributed by atoms with Crippen LogP contribution in [0.3, 0.4) is 0 Å². The minimum absolute atomic E-state index is 0. The van der Waals surface area contributed by atoms with E-state index in [1.807, 2.05) is 30.3 Å². The van der Waals surface area contributed by atoms with Crippen LogP contribution in [0.4, 0.5) is 11.4 Å². The van der Waals surface area contributed by atoms with Crippen molar-refractivity contribution in [2.24, 2.45) is 0 Å². The Balaban J connectivity index is 0.00000180. The smallest absolute Gasteiger partial charge is 0.257 e. The third-order valence-corrected chi connectivity index (χ3v) is 2.83. The highest BCUT2D eigenvalue weighted by Crippen LogP contribution is 2.15. The quantitative estimate of drug-likeness (QED) is 0.780. The van der Waals surface area contributed by atoms with E-state index in [9.17, 15) is 4.79 Å². The fourth-order valence-corrected chi connectivity index (χ4v) is 1.73. The van der Waals surface area contributed by atoms with Gasteiger partial charge in [0.2, 0.25) is 0 Å². The van der Waals surface area contributed by atoms with Gasteiger partial charge in [-0.3, -0.25) is 4.79 Å². The first-order chi connectivity index (χ1) is 8.70. The van der Waals surface area contributed by atoms with Crippen LogP contribution in [0.5, 0.6) is 0 Å². The van der Waals surface area contributed by atoms with Crippen molar-refractivity contribution in [2.75, 3.05) is 11.1 Å². The Bertz CT molecular complexity index is 552. The van der Waals surface area contributed by atoms with E-state index in [0.29, 0.717) is 11.3 Å². The molecular weight excluding hydrogens is 260 g/mol. The monoisotopic (exact) mass is 275 g/mol. The van der Waals surface area contributed by atoms with Crippen LogP contribution in [0, 0.1) is 0 Å². The number of amides is 1. The number of benzene rings is 2. The van der Waals surface area contributed by atoms with Gasteiger partial charge in [-0.15, -0.1) is 0 Å². The van der Waals surface area contributed by atoms with Crippen LogP contribution in [-0.4, -0.2) is 5.91 Å². The molecule has 0 saturated carbocycles. The minimum atomic E-state index is -0.183. The summed E-state index contributed by atoms with van der Waals surface area (Å²) in [5.41, 5.74) is 8.76. The number of carbonyl (C=O) groups excluding carboxylic acids is 1. The van der Waals surface area contributed by atoms with E-state index in [4.69, 9.17) is 5.73 Å². The summed E-state index contributed by atoms with van der Waals surface area (Å²) < 4.78 is 0. The van der Waals surface area contributed by atoms with E-state index in [2.05, 4.69) is 12.2 Å². The number of nitrogen functional groups attached to an aromatic ring is 1. The van der Waals surface area contributed by atoms with Crippen LogP contribution in [0.25, 0.3) is 0 Å². The summed E-state index contributed by atoms with van der Waals surface area (Å²) in [4.78, 5) is 12.0. The first-order valence-electron chi connectivity index (χ1n) is 5.95. The van der Waals surface area contributed by atoms with E-state index < -0.39 is 0 Å². The van der Waals surface area contributed by atoms with E-state index in [0.717, 1.165) is 12.1 Å². The molecule has 0 aromatic heterocycles. The number of rotatable bonds is 3. The molecule has 2 aromatic carbocycles. The number of nitrogens with one attached hydrogen (secondary N) is 1. The molecule has 0 unspecified atom stereocenters. The highest BCUT2D eigenvalue weighted by Gasteiger charge is 2.08. The summed E-state index contributed by atoms with van der Waals surface area (Å²) in [6.07, 6.45) is 0.986. The summed E-state index contributed by atoms with van der Waals surface area (Å²) in [5.74, 6) is -0.183. The molecule has 19 heavy (non-hydrogen) atoms. The lowest BCUT2D eigenvalue weighted by Crippen LogP contribution is -3.00. The van der Waals surface area contributed by atoms with Crippen LogP contribution in [0.15, 0.2) is 48.5 Å². The summed E-state index contributed by atoms with van der Waals surface area (Å²) in [6, 6.07) is 14.8. The maximum atomic E-state index is 12.0. The molecule has 2 aromatic rings. The lowest BCUT2D eigenvalue weighted by Gasteiger charge is -2.07. The molecule has 0 aliphatic rings. The van der Waals surface area contributed by atoms with Crippen molar-refractivity contribution in [1.82, 2.24) is 0 Å². The van der Waals surface area contributed by atoms with Crippen LogP contribution < -0.4 is 23.5 Å². The van der Waals surface area contributed by atoms with Gasteiger partial charge in [0.05, 0.1) is 5.56 Å². The van der Waals surface area contributed by atoms with Crippen LogP contribution in [-0.2, 0) is 6.42 Å². The van der Waals surface area contributed by atoms with Crippen LogP contribution in [0.2, 0.25) is 0 Å². The lowest BCUT2D eigenvalue weighted by molar-refractivity contribution is -0.0000114. The van der Waals surface area contributed by atoms with E-state index >= 15 is 0 Å². The highest BCUT2D eigenvalue weighted by molar-refractivity contribution is 6.07. The van der Waals surface area contributed by atoms with E-state index in [-0.39, 0.29) is 18.3 Å². The number of hydrogen-bond acceptors (Lipinski definition) is 2. The first-order valence-corrected chi connectivity index (χ1v) is 5.95. The summed E-state index contributed by atoms with van der Waals surface area (Å²) in [6.45, 7) is 2.10. The molecule has 0 aliphatic carbocycles. The highest BCUT2D eigenvalue weighted by atomic mass is 35.5. The minimum Gasteiger partial charge on any atom is -1.00 e. The zero-order valence-electron chi connectivity index (χ0n) is 10.7. The summed E-state index contributed by atoms with van der Waals surface area (Å²) in [7, 11) is 0. The molecule has 0 fully saturated rings. The number of carbonyl (C=O) groups is 1. The average Bonchev–Trinajstić information content (AvgIpc) is 2.40. The molecule has 100 valence electrons. The predicted octanol–water partition coefficient (Wildman–Crippen LogP) is 0.0875. The molecule has 1 amide bonds. The lowest BCUT2D eigenvalue weighted by atomic mass is 10.1. The van der Waals surface area contributed by atoms with E-state index in [1.54, 1.807) is 18.2 Å². The van der Waals surface area contributed by atoms with Gasteiger partial charge in [-0.2, -0.15) is 0 Å². The topological polar surface area (TPSA) is 55.1 Å². The maximum Gasteiger partial charge on any atom is 0.257 e. The van der Waals surface area contributed by atoms with Gasteiger partial charge in [0.15, 0.2) is 0 Å². The Morgan fingerprint density at radius 2 is 1.74 bits per heavy atom. The van der Waals surface area contributed by atoms with Crippen molar-refractivity contribution in [3.63, 3.8) is 0 Å². The van der Waals surface area contributed by atoms with Gasteiger partial charge in [-0.25, -0.2) is 0 Å². The molecule has 0 saturated heterocycles. The fourth-order valence-electron chi connectivity index (χ4n) is 1.73. The molecule has 2 rings (SSSR count). The van der Waals surface area contributed by atoms with Gasteiger partial charge in [-0.05, 0) is 36.2 Å². The third-order valence-electron chi connectivity index (χ3n) is 2.83. The van der Waals surface area contributed by atoms with Gasteiger partial charge in [-0.1, -0.05) is 31.2 Å². The summed E-state index contributed by atoms with van der Waals surface area (Å²) >= 11 is 0. The van der Waals surface area contributed by atoms with Gasteiger partial charge in [0.1, 0.15) is 0 Å². The second kappa shape index (κ2) is 6.81. The van der Waals surface area contributed by atoms with E-state index in [1.165, 1.54) is 5.56 Å². The molecule has 0 radical (unpaired) electrons. The van der Waals surface area contributed by atoms with Crippen LogP contribution >= 0.6 is 0 Å². The van der Waals surface area contributed by atoms with Crippen molar-refractivity contribution in [3.05, 3.63) is 59.7 Å². The number of anilines is 2. The molecule has 0 atom stereocenters. The number of para-hydroxylation sites is 1. The Labute approximate surface area is 119 Å². The third kappa shape index (κ3) is 3.73. The van der Waals surface area contributed by atoms with Gasteiger partial charge in [0, 0.05) is 11.4 Å². The van der Waals surface area contributed by atoms with Crippen molar-refractivity contribution in [2.45, 2.75) is 13.3 Å². The van der Waals surface area contributed by atoms with Gasteiger partial charge in [0.25, 0.3) is 5.91 Å². The molecular formula is C15H16ClN2O-. The summed E-state index contributed by atoms with van der Waals surface area (Å²) in [5, 5.41) is 2.83. The zero-order valence-corrected chi connectivity index (χ0v) is 11.4. The average molecular weight is 276 g/mol. The Morgan fingerprint density at radius 1 is 1.11 bits per heavy atom. The normalized spacial score (nSPS) is 9.53. The van der Waals surface area contributed by atoms with Gasteiger partial charge >= 0.3 is 0 Å².